The maximum Gasteiger partial charge on any atom is 0.240 e. The molecule has 8 nitrogen and oxygen atoms in total. The van der Waals surface area contributed by atoms with E-state index in [0.717, 1.165) is 38.9 Å². The summed E-state index contributed by atoms with van der Waals surface area (Å²) in [4.78, 5) is 16.6. The van der Waals surface area contributed by atoms with Crippen molar-refractivity contribution < 1.29 is 4.79 Å². The van der Waals surface area contributed by atoms with Gasteiger partial charge in [0.1, 0.15) is 5.71 Å². The van der Waals surface area contributed by atoms with Crippen LogP contribution < -0.4 is 11.2 Å². The van der Waals surface area contributed by atoms with Gasteiger partial charge in [-0.2, -0.15) is 5.10 Å². The quantitative estimate of drug-likeness (QED) is 0.437. The zero-order valence-electron chi connectivity index (χ0n) is 18.3. The van der Waals surface area contributed by atoms with Gasteiger partial charge in [-0.05, 0) is 23.3 Å². The van der Waals surface area contributed by atoms with Crippen molar-refractivity contribution in [2.24, 2.45) is 10.8 Å². The zero-order chi connectivity index (χ0) is 23.1. The van der Waals surface area contributed by atoms with Crippen LogP contribution in [0.5, 0.6) is 0 Å². The van der Waals surface area contributed by atoms with E-state index in [0.29, 0.717) is 36.6 Å². The van der Waals surface area contributed by atoms with Gasteiger partial charge >= 0.3 is 0 Å². The van der Waals surface area contributed by atoms with Gasteiger partial charge in [-0.1, -0.05) is 54.6 Å². The summed E-state index contributed by atoms with van der Waals surface area (Å²) in [6.07, 6.45) is 2.81. The van der Waals surface area contributed by atoms with Crippen molar-refractivity contribution in [2.45, 2.75) is 19.4 Å². The van der Waals surface area contributed by atoms with Gasteiger partial charge in [0.15, 0.2) is 11.5 Å². The number of nitrogens with zero attached hydrogens (tertiary/aromatic N) is 5. The van der Waals surface area contributed by atoms with Crippen LogP contribution >= 0.6 is 0 Å². The van der Waals surface area contributed by atoms with Gasteiger partial charge in [0.05, 0.1) is 11.2 Å². The van der Waals surface area contributed by atoms with Crippen molar-refractivity contribution in [3.05, 3.63) is 84.3 Å². The number of hydrogen-bond acceptors (Lipinski definition) is 6. The van der Waals surface area contributed by atoms with Gasteiger partial charge < -0.3 is 5.73 Å². The summed E-state index contributed by atoms with van der Waals surface area (Å²) in [6, 6.07) is 22.5. The van der Waals surface area contributed by atoms with Crippen LogP contribution in [0.3, 0.4) is 0 Å². The second kappa shape index (κ2) is 8.17. The molecule has 0 saturated carbocycles. The van der Waals surface area contributed by atoms with Gasteiger partial charge in [-0.15, -0.1) is 10.2 Å². The first-order chi connectivity index (χ1) is 16.7. The number of pyridine rings is 2. The molecule has 3 N–H and O–H groups in total. The highest BCUT2D eigenvalue weighted by molar-refractivity contribution is 6.04. The molecule has 3 aromatic heterocycles. The molecule has 5 aromatic rings. The molecular weight excluding hydrogens is 426 g/mol. The van der Waals surface area contributed by atoms with Crippen LogP contribution in [0, 0.1) is 0 Å². The van der Waals surface area contributed by atoms with E-state index in [-0.39, 0.29) is 5.91 Å². The van der Waals surface area contributed by atoms with Gasteiger partial charge in [0.25, 0.3) is 0 Å². The predicted molar refractivity (Wildman–Crippen MR) is 131 cm³/mol. The lowest BCUT2D eigenvalue weighted by atomic mass is 9.97. The minimum atomic E-state index is -0.0910. The second-order valence-corrected chi connectivity index (χ2v) is 8.21. The van der Waals surface area contributed by atoms with E-state index in [2.05, 4.69) is 51.1 Å². The molecule has 2 aromatic carbocycles. The van der Waals surface area contributed by atoms with E-state index >= 15 is 0 Å². The lowest BCUT2D eigenvalue weighted by Crippen LogP contribution is -2.26. The molecular formula is C26H21N7O. The van der Waals surface area contributed by atoms with E-state index < -0.39 is 0 Å². The van der Waals surface area contributed by atoms with Crippen molar-refractivity contribution in [1.29, 1.82) is 0 Å². The molecule has 166 valence electrons. The number of amides is 1. The number of nitrogens with one attached hydrogen (secondary N) is 1. The Morgan fingerprint density at radius 2 is 1.76 bits per heavy atom. The van der Waals surface area contributed by atoms with Crippen molar-refractivity contribution in [3.63, 3.8) is 0 Å². The third-order valence-electron chi connectivity index (χ3n) is 6.08. The summed E-state index contributed by atoms with van der Waals surface area (Å²) in [5.41, 5.74) is 15.6. The highest BCUT2D eigenvalue weighted by atomic mass is 16.2. The fraction of sp³-hybridized carbons (Fsp3) is 0.115. The van der Waals surface area contributed by atoms with E-state index in [9.17, 15) is 4.79 Å². The largest absolute Gasteiger partial charge is 0.326 e. The minimum Gasteiger partial charge on any atom is -0.326 e. The van der Waals surface area contributed by atoms with Gasteiger partial charge in [0.2, 0.25) is 5.91 Å². The normalized spacial score (nSPS) is 13.8. The molecule has 0 fully saturated rings. The average Bonchev–Trinajstić information content (AvgIpc) is 3.33. The molecule has 0 aliphatic carbocycles. The summed E-state index contributed by atoms with van der Waals surface area (Å²) in [6.45, 7) is 0.499. The van der Waals surface area contributed by atoms with Crippen molar-refractivity contribution in [2.75, 3.05) is 0 Å². The Balaban J connectivity index is 1.57. The topological polar surface area (TPSA) is 111 Å². The van der Waals surface area contributed by atoms with Crippen LogP contribution in [0.2, 0.25) is 0 Å². The van der Waals surface area contributed by atoms with Crippen molar-refractivity contribution in [1.82, 2.24) is 25.0 Å². The van der Waals surface area contributed by atoms with Crippen LogP contribution in [-0.2, 0) is 11.3 Å². The highest BCUT2D eigenvalue weighted by Gasteiger charge is 2.20. The van der Waals surface area contributed by atoms with Crippen LogP contribution in [0.25, 0.3) is 38.9 Å². The molecule has 0 radical (unpaired) electrons. The zero-order valence-corrected chi connectivity index (χ0v) is 18.3. The fourth-order valence-corrected chi connectivity index (χ4v) is 4.28. The van der Waals surface area contributed by atoms with Crippen LogP contribution in [0.15, 0.2) is 78.0 Å². The molecule has 6 rings (SSSR count). The van der Waals surface area contributed by atoms with Crippen LogP contribution in [-0.4, -0.2) is 31.2 Å². The summed E-state index contributed by atoms with van der Waals surface area (Å²) in [5.74, 6) is 0.534. The number of benzene rings is 2. The average molecular weight is 448 g/mol. The third kappa shape index (κ3) is 3.41. The summed E-state index contributed by atoms with van der Waals surface area (Å²) < 4.78 is 1.91. The van der Waals surface area contributed by atoms with E-state index in [1.807, 2.05) is 47.0 Å². The SMILES string of the molecule is NCc1ccc(-c2nc3ccn4c(C5=NNC(=O)CC5)nnc4c3cc2-c2ccccc2)cc1. The Labute approximate surface area is 195 Å². The van der Waals surface area contributed by atoms with E-state index in [1.165, 1.54) is 0 Å². The first-order valence-electron chi connectivity index (χ1n) is 11.1. The summed E-state index contributed by atoms with van der Waals surface area (Å²) in [7, 11) is 0. The first-order valence-corrected chi connectivity index (χ1v) is 11.1. The molecule has 0 saturated heterocycles. The number of hydrogen-bond donors (Lipinski definition) is 2. The fourth-order valence-electron chi connectivity index (χ4n) is 4.28. The molecule has 0 bridgehead atoms. The lowest BCUT2D eigenvalue weighted by Gasteiger charge is -2.13. The number of rotatable bonds is 4. The van der Waals surface area contributed by atoms with Crippen molar-refractivity contribution >= 4 is 28.2 Å². The number of hydrazone groups is 1. The molecule has 8 heteroatoms. The predicted octanol–water partition coefficient (Wildman–Crippen LogP) is 3.68. The highest BCUT2D eigenvalue weighted by Crippen LogP contribution is 2.34. The minimum absolute atomic E-state index is 0.0910. The molecule has 1 aliphatic heterocycles. The Bertz CT molecular complexity index is 1570. The Morgan fingerprint density at radius 3 is 2.50 bits per heavy atom. The Hall–Kier alpha value is -4.43. The molecule has 1 aliphatic rings. The number of carbonyl (C=O) groups excluding carboxylic acids is 1. The molecule has 1 amide bonds. The lowest BCUT2D eigenvalue weighted by molar-refractivity contribution is -0.121. The second-order valence-electron chi connectivity index (χ2n) is 8.21. The molecule has 34 heavy (non-hydrogen) atoms. The maximum absolute atomic E-state index is 11.5. The van der Waals surface area contributed by atoms with Gasteiger partial charge in [-0.3, -0.25) is 9.20 Å². The standard InChI is InChI=1S/C26H21N7O/c27-15-16-6-8-18(9-7-16)24-19(17-4-2-1-3-5-17)14-20-21(28-24)12-13-33-25(20)31-32-26(33)22-10-11-23(34)30-29-22/h1-9,12-14H,10-11,15,27H2,(H,30,34). The van der Waals surface area contributed by atoms with E-state index in [1.54, 1.807) is 0 Å². The molecule has 0 unspecified atom stereocenters. The molecule has 0 spiro atoms. The smallest absolute Gasteiger partial charge is 0.240 e. The summed E-state index contributed by atoms with van der Waals surface area (Å²) >= 11 is 0. The monoisotopic (exact) mass is 447 g/mol. The van der Waals surface area contributed by atoms with Crippen molar-refractivity contribution in [3.8, 4) is 22.4 Å². The van der Waals surface area contributed by atoms with Crippen LogP contribution in [0.1, 0.15) is 24.2 Å². The molecule has 4 heterocycles. The number of fused-ring (bicyclic) bond motifs is 3. The van der Waals surface area contributed by atoms with Gasteiger partial charge in [-0.25, -0.2) is 10.4 Å². The van der Waals surface area contributed by atoms with Gasteiger partial charge in [0, 0.05) is 42.1 Å². The van der Waals surface area contributed by atoms with E-state index in [4.69, 9.17) is 10.7 Å². The number of aromatic nitrogens is 4. The number of carbonyl (C=O) groups is 1. The molecule has 0 atom stereocenters. The number of nitrogens with two attached hydrogens (primary N) is 1. The Kier molecular flexibility index (Phi) is 4.85. The third-order valence-corrected chi connectivity index (χ3v) is 6.08. The van der Waals surface area contributed by atoms with Crippen LogP contribution in [0.4, 0.5) is 0 Å². The first kappa shape index (κ1) is 20.2. The summed E-state index contributed by atoms with van der Waals surface area (Å²) in [5, 5.41) is 13.9. The Morgan fingerprint density at radius 1 is 0.941 bits per heavy atom. The maximum atomic E-state index is 11.5.